The Morgan fingerprint density at radius 3 is 2.71 bits per heavy atom. The second-order valence-electron chi connectivity index (χ2n) is 4.50. The molecule has 0 aromatic carbocycles. The Kier molecular flexibility index (Phi) is 2.74. The van der Waals surface area contributed by atoms with Crippen LogP contribution in [0.1, 0.15) is 26.2 Å². The molecule has 1 unspecified atom stereocenters. The molecule has 2 aliphatic rings. The van der Waals surface area contributed by atoms with Gasteiger partial charge >= 0.3 is 0 Å². The van der Waals surface area contributed by atoms with Gasteiger partial charge < -0.3 is 11.1 Å². The summed E-state index contributed by atoms with van der Waals surface area (Å²) < 4.78 is 0. The van der Waals surface area contributed by atoms with Crippen LogP contribution in [0, 0.1) is 0 Å². The zero-order chi connectivity index (χ0) is 10.1. The van der Waals surface area contributed by atoms with Crippen molar-refractivity contribution in [3.05, 3.63) is 0 Å². The normalized spacial score (nSPS) is 30.3. The van der Waals surface area contributed by atoms with Crippen LogP contribution in [-0.4, -0.2) is 42.0 Å². The summed E-state index contributed by atoms with van der Waals surface area (Å²) in [6.07, 6.45) is 3.32. The highest BCUT2D eigenvalue weighted by molar-refractivity contribution is 5.81. The van der Waals surface area contributed by atoms with Crippen LogP contribution in [0.25, 0.3) is 0 Å². The third kappa shape index (κ3) is 2.25. The van der Waals surface area contributed by atoms with Crippen LogP contribution in [0.4, 0.5) is 0 Å². The molecule has 0 bridgehead atoms. The fourth-order valence-corrected chi connectivity index (χ4v) is 1.88. The molecule has 0 radical (unpaired) electrons. The summed E-state index contributed by atoms with van der Waals surface area (Å²) in [5, 5.41) is 3.02. The van der Waals surface area contributed by atoms with Crippen molar-refractivity contribution in [2.24, 2.45) is 5.73 Å². The number of nitrogens with two attached hydrogens (primary N) is 1. The molecule has 80 valence electrons. The fraction of sp³-hybridized carbons (Fsp3) is 0.900. The summed E-state index contributed by atoms with van der Waals surface area (Å²) in [6.45, 7) is 3.79. The zero-order valence-corrected chi connectivity index (χ0v) is 8.70. The number of rotatable bonds is 3. The van der Waals surface area contributed by atoms with Gasteiger partial charge in [0.15, 0.2) is 0 Å². The van der Waals surface area contributed by atoms with E-state index in [1.807, 2.05) is 6.92 Å². The summed E-state index contributed by atoms with van der Waals surface area (Å²) >= 11 is 0. The van der Waals surface area contributed by atoms with E-state index in [9.17, 15) is 4.79 Å². The molecule has 1 heterocycles. The first-order chi connectivity index (χ1) is 6.66. The minimum Gasteiger partial charge on any atom is -0.352 e. The van der Waals surface area contributed by atoms with E-state index in [-0.39, 0.29) is 18.0 Å². The average Bonchev–Trinajstić information content (AvgIpc) is 2.85. The molecule has 2 atom stereocenters. The van der Waals surface area contributed by atoms with Gasteiger partial charge in [0, 0.05) is 25.2 Å². The van der Waals surface area contributed by atoms with Crippen molar-refractivity contribution in [3.8, 4) is 0 Å². The topological polar surface area (TPSA) is 58.4 Å². The highest BCUT2D eigenvalue weighted by Crippen LogP contribution is 2.19. The van der Waals surface area contributed by atoms with Crippen LogP contribution >= 0.6 is 0 Å². The zero-order valence-electron chi connectivity index (χ0n) is 8.70. The van der Waals surface area contributed by atoms with Gasteiger partial charge in [0.2, 0.25) is 5.91 Å². The van der Waals surface area contributed by atoms with Crippen LogP contribution in [0.2, 0.25) is 0 Å². The number of carbonyl (C=O) groups is 1. The Balaban J connectivity index is 1.80. The lowest BCUT2D eigenvalue weighted by Crippen LogP contribution is -2.45. The molecule has 2 rings (SSSR count). The van der Waals surface area contributed by atoms with E-state index in [1.165, 1.54) is 0 Å². The fourth-order valence-electron chi connectivity index (χ4n) is 1.88. The lowest BCUT2D eigenvalue weighted by molar-refractivity contribution is -0.125. The van der Waals surface area contributed by atoms with E-state index in [1.54, 1.807) is 0 Å². The van der Waals surface area contributed by atoms with E-state index >= 15 is 0 Å². The molecule has 4 heteroatoms. The quantitative estimate of drug-likeness (QED) is 0.652. The maximum absolute atomic E-state index is 11.7. The van der Waals surface area contributed by atoms with Crippen LogP contribution in [-0.2, 0) is 4.79 Å². The summed E-state index contributed by atoms with van der Waals surface area (Å²) in [5.74, 6) is 0.168. The van der Waals surface area contributed by atoms with Gasteiger partial charge in [-0.25, -0.2) is 0 Å². The Morgan fingerprint density at radius 2 is 2.21 bits per heavy atom. The SMILES string of the molecule is CC(C(=O)NC1CC1)N1CC[C@@H](N)C1. The van der Waals surface area contributed by atoms with Crippen molar-refractivity contribution in [3.63, 3.8) is 0 Å². The van der Waals surface area contributed by atoms with Crippen LogP contribution < -0.4 is 11.1 Å². The molecule has 0 spiro atoms. The largest absolute Gasteiger partial charge is 0.352 e. The molecule has 2 fully saturated rings. The predicted molar refractivity (Wildman–Crippen MR) is 54.8 cm³/mol. The van der Waals surface area contributed by atoms with E-state index in [0.717, 1.165) is 32.4 Å². The van der Waals surface area contributed by atoms with Gasteiger partial charge in [0.05, 0.1) is 6.04 Å². The molecule has 3 N–H and O–H groups in total. The van der Waals surface area contributed by atoms with Crippen molar-refractivity contribution in [1.82, 2.24) is 10.2 Å². The summed E-state index contributed by atoms with van der Waals surface area (Å²) in [4.78, 5) is 13.9. The number of nitrogens with one attached hydrogen (secondary N) is 1. The van der Waals surface area contributed by atoms with Crippen molar-refractivity contribution >= 4 is 5.91 Å². The lowest BCUT2D eigenvalue weighted by Gasteiger charge is -2.22. The van der Waals surface area contributed by atoms with Crippen LogP contribution in [0.5, 0.6) is 0 Å². The van der Waals surface area contributed by atoms with E-state index < -0.39 is 0 Å². The second kappa shape index (κ2) is 3.87. The van der Waals surface area contributed by atoms with Crippen molar-refractivity contribution < 1.29 is 4.79 Å². The Morgan fingerprint density at radius 1 is 1.50 bits per heavy atom. The highest BCUT2D eigenvalue weighted by Gasteiger charge is 2.31. The first-order valence-corrected chi connectivity index (χ1v) is 5.47. The second-order valence-corrected chi connectivity index (χ2v) is 4.50. The van der Waals surface area contributed by atoms with E-state index in [0.29, 0.717) is 6.04 Å². The standard InChI is InChI=1S/C10H19N3O/c1-7(10(14)12-9-2-3-9)13-5-4-8(11)6-13/h7-9H,2-6,11H2,1H3,(H,12,14)/t7?,8-/m1/s1. The predicted octanol–water partition coefficient (Wildman–Crippen LogP) is -0.313. The Labute approximate surface area is 84.8 Å². The van der Waals surface area contributed by atoms with Crippen LogP contribution in [0.3, 0.4) is 0 Å². The van der Waals surface area contributed by atoms with Gasteiger partial charge in [-0.15, -0.1) is 0 Å². The maximum Gasteiger partial charge on any atom is 0.237 e. The van der Waals surface area contributed by atoms with Gasteiger partial charge in [-0.2, -0.15) is 0 Å². The minimum absolute atomic E-state index is 0.0100. The van der Waals surface area contributed by atoms with Crippen molar-refractivity contribution in [2.45, 2.75) is 44.3 Å². The Hall–Kier alpha value is -0.610. The van der Waals surface area contributed by atoms with E-state index in [2.05, 4.69) is 10.2 Å². The molecule has 1 aliphatic carbocycles. The number of likely N-dealkylation sites (tertiary alicyclic amines) is 1. The first-order valence-electron chi connectivity index (χ1n) is 5.47. The summed E-state index contributed by atoms with van der Waals surface area (Å²) in [7, 11) is 0. The third-order valence-corrected chi connectivity index (χ3v) is 3.11. The molecule has 1 saturated carbocycles. The molecule has 1 aliphatic heterocycles. The van der Waals surface area contributed by atoms with E-state index in [4.69, 9.17) is 5.73 Å². The van der Waals surface area contributed by atoms with Gasteiger partial charge in [0.1, 0.15) is 0 Å². The number of amides is 1. The first kappa shape index (κ1) is 9.93. The van der Waals surface area contributed by atoms with Gasteiger partial charge in [-0.3, -0.25) is 9.69 Å². The van der Waals surface area contributed by atoms with Gasteiger partial charge in [0.25, 0.3) is 0 Å². The Bertz CT molecular complexity index is 227. The molecule has 0 aromatic rings. The highest BCUT2D eigenvalue weighted by atomic mass is 16.2. The van der Waals surface area contributed by atoms with Gasteiger partial charge in [-0.05, 0) is 26.2 Å². The number of carbonyl (C=O) groups excluding carboxylic acids is 1. The molecule has 1 saturated heterocycles. The lowest BCUT2D eigenvalue weighted by atomic mass is 10.2. The summed E-state index contributed by atoms with van der Waals surface area (Å²) in [6, 6.07) is 0.705. The van der Waals surface area contributed by atoms with Gasteiger partial charge in [-0.1, -0.05) is 0 Å². The summed E-state index contributed by atoms with van der Waals surface area (Å²) in [5.41, 5.74) is 5.80. The molecule has 4 nitrogen and oxygen atoms in total. The maximum atomic E-state index is 11.7. The molecular weight excluding hydrogens is 178 g/mol. The number of hydrogen-bond donors (Lipinski definition) is 2. The molecule has 14 heavy (non-hydrogen) atoms. The molecule has 1 amide bonds. The average molecular weight is 197 g/mol. The third-order valence-electron chi connectivity index (χ3n) is 3.11. The van der Waals surface area contributed by atoms with Crippen molar-refractivity contribution in [2.75, 3.05) is 13.1 Å². The minimum atomic E-state index is -0.0100. The molecule has 0 aromatic heterocycles. The molecular formula is C10H19N3O. The van der Waals surface area contributed by atoms with Crippen LogP contribution in [0.15, 0.2) is 0 Å². The number of hydrogen-bond acceptors (Lipinski definition) is 3. The monoisotopic (exact) mass is 197 g/mol. The van der Waals surface area contributed by atoms with Crippen molar-refractivity contribution in [1.29, 1.82) is 0 Å². The number of nitrogens with zero attached hydrogens (tertiary/aromatic N) is 1. The smallest absolute Gasteiger partial charge is 0.237 e.